The Labute approximate surface area is 119 Å². The molecule has 4 nitrogen and oxygen atoms in total. The maximum atomic E-state index is 5.84. The van der Waals surface area contributed by atoms with E-state index >= 15 is 0 Å². The van der Waals surface area contributed by atoms with E-state index in [1.54, 1.807) is 0 Å². The molecule has 4 heteroatoms. The predicted molar refractivity (Wildman–Crippen MR) is 78.0 cm³/mol. The number of rotatable bonds is 5. The van der Waals surface area contributed by atoms with Crippen LogP contribution in [0.4, 0.5) is 0 Å². The molecule has 0 bridgehead atoms. The van der Waals surface area contributed by atoms with Crippen molar-refractivity contribution in [3.63, 3.8) is 0 Å². The van der Waals surface area contributed by atoms with Gasteiger partial charge in [0.05, 0.1) is 0 Å². The summed E-state index contributed by atoms with van der Waals surface area (Å²) < 4.78 is 5.33. The summed E-state index contributed by atoms with van der Waals surface area (Å²) in [7, 11) is 0. The minimum absolute atomic E-state index is 0.0485. The van der Waals surface area contributed by atoms with E-state index < -0.39 is 0 Å². The molecule has 2 N–H and O–H groups in total. The molecule has 106 valence electrons. The van der Waals surface area contributed by atoms with Gasteiger partial charge in [-0.25, -0.2) is 0 Å². The summed E-state index contributed by atoms with van der Waals surface area (Å²) in [6.07, 6.45) is 6.17. The van der Waals surface area contributed by atoms with Crippen LogP contribution in [0, 0.1) is 5.92 Å². The minimum Gasteiger partial charge on any atom is -0.339 e. The molecule has 0 aliphatic heterocycles. The van der Waals surface area contributed by atoms with E-state index in [0.29, 0.717) is 5.82 Å². The Morgan fingerprint density at radius 3 is 2.65 bits per heavy atom. The molecule has 3 rings (SSSR count). The highest BCUT2D eigenvalue weighted by atomic mass is 16.5. The lowest BCUT2D eigenvalue weighted by Gasteiger charge is -2.24. The molecule has 1 aromatic heterocycles. The Morgan fingerprint density at radius 1 is 1.30 bits per heavy atom. The van der Waals surface area contributed by atoms with Crippen molar-refractivity contribution < 1.29 is 4.52 Å². The van der Waals surface area contributed by atoms with Gasteiger partial charge >= 0.3 is 0 Å². The van der Waals surface area contributed by atoms with Crippen molar-refractivity contribution in [2.75, 3.05) is 0 Å². The number of hydrogen-bond acceptors (Lipinski definition) is 4. The first kappa shape index (κ1) is 13.3. The predicted octanol–water partition coefficient (Wildman–Crippen LogP) is 3.49. The zero-order valence-electron chi connectivity index (χ0n) is 11.9. The molecular weight excluding hydrogens is 250 g/mol. The first-order valence-electron chi connectivity index (χ1n) is 7.41. The van der Waals surface area contributed by atoms with Crippen LogP contribution < -0.4 is 5.73 Å². The van der Waals surface area contributed by atoms with E-state index in [1.165, 1.54) is 25.7 Å². The van der Waals surface area contributed by atoms with Gasteiger partial charge in [0.2, 0.25) is 11.7 Å². The molecule has 1 saturated carbocycles. The SMILES string of the molecule is C[C@H](N)c1ccc(-c2noc(CCC3CCC3)n2)cc1. The molecule has 1 aliphatic carbocycles. The van der Waals surface area contributed by atoms with E-state index in [2.05, 4.69) is 10.1 Å². The smallest absolute Gasteiger partial charge is 0.226 e. The van der Waals surface area contributed by atoms with Crippen LogP contribution in [-0.4, -0.2) is 10.1 Å². The van der Waals surface area contributed by atoms with E-state index in [4.69, 9.17) is 10.3 Å². The van der Waals surface area contributed by atoms with Crippen molar-refractivity contribution in [2.45, 2.75) is 45.1 Å². The number of nitrogens with zero attached hydrogens (tertiary/aromatic N) is 2. The topological polar surface area (TPSA) is 64.9 Å². The molecule has 2 aromatic rings. The van der Waals surface area contributed by atoms with Gasteiger partial charge in [-0.05, 0) is 24.8 Å². The fraction of sp³-hybridized carbons (Fsp3) is 0.500. The Bertz CT molecular complexity index is 555. The molecule has 0 spiro atoms. The van der Waals surface area contributed by atoms with Crippen LogP contribution in [-0.2, 0) is 6.42 Å². The number of aryl methyl sites for hydroxylation is 1. The third-order valence-corrected chi connectivity index (χ3v) is 4.15. The third-order valence-electron chi connectivity index (χ3n) is 4.15. The van der Waals surface area contributed by atoms with Crippen molar-refractivity contribution in [3.8, 4) is 11.4 Å². The number of nitrogens with two attached hydrogens (primary N) is 1. The highest BCUT2D eigenvalue weighted by Gasteiger charge is 2.18. The summed E-state index contributed by atoms with van der Waals surface area (Å²) in [4.78, 5) is 4.48. The quantitative estimate of drug-likeness (QED) is 0.904. The second-order valence-electron chi connectivity index (χ2n) is 5.76. The Balaban J connectivity index is 1.65. The number of hydrogen-bond donors (Lipinski definition) is 1. The minimum atomic E-state index is 0.0485. The summed E-state index contributed by atoms with van der Waals surface area (Å²) in [5.74, 6) is 2.30. The van der Waals surface area contributed by atoms with Crippen LogP contribution in [0.1, 0.15) is 50.1 Å². The number of aromatic nitrogens is 2. The van der Waals surface area contributed by atoms with Crippen LogP contribution in [0.15, 0.2) is 28.8 Å². The standard InChI is InChI=1S/C16H21N3O/c1-11(17)13-6-8-14(9-7-13)16-18-15(20-19-16)10-5-12-3-2-4-12/h6-9,11-12H,2-5,10,17H2,1H3/t11-/m0/s1. The lowest BCUT2D eigenvalue weighted by molar-refractivity contribution is 0.280. The van der Waals surface area contributed by atoms with Crippen molar-refractivity contribution >= 4 is 0 Å². The van der Waals surface area contributed by atoms with Gasteiger partial charge in [-0.15, -0.1) is 0 Å². The summed E-state index contributed by atoms with van der Waals surface area (Å²) in [5, 5.41) is 4.07. The highest BCUT2D eigenvalue weighted by molar-refractivity contribution is 5.54. The molecule has 1 fully saturated rings. The molecule has 20 heavy (non-hydrogen) atoms. The van der Waals surface area contributed by atoms with Gasteiger partial charge in [-0.2, -0.15) is 4.98 Å². The monoisotopic (exact) mass is 271 g/mol. The number of benzene rings is 1. The average Bonchev–Trinajstić information content (AvgIpc) is 2.86. The fourth-order valence-corrected chi connectivity index (χ4v) is 2.52. The summed E-state index contributed by atoms with van der Waals surface area (Å²) in [6, 6.07) is 8.08. The van der Waals surface area contributed by atoms with Crippen molar-refractivity contribution in [1.82, 2.24) is 10.1 Å². The van der Waals surface area contributed by atoms with Gasteiger partial charge < -0.3 is 10.3 Å². The normalized spacial score (nSPS) is 16.9. The van der Waals surface area contributed by atoms with Gasteiger partial charge in [0.15, 0.2) is 0 Å². The second-order valence-corrected chi connectivity index (χ2v) is 5.76. The summed E-state index contributed by atoms with van der Waals surface area (Å²) in [5.41, 5.74) is 7.94. The van der Waals surface area contributed by atoms with Gasteiger partial charge in [-0.3, -0.25) is 0 Å². The second kappa shape index (κ2) is 5.75. The van der Waals surface area contributed by atoms with E-state index in [-0.39, 0.29) is 6.04 Å². The molecule has 0 radical (unpaired) electrons. The van der Waals surface area contributed by atoms with Crippen LogP contribution in [0.5, 0.6) is 0 Å². The zero-order valence-corrected chi connectivity index (χ0v) is 11.9. The van der Waals surface area contributed by atoms with E-state index in [9.17, 15) is 0 Å². The maximum absolute atomic E-state index is 5.84. The molecule has 1 aliphatic rings. The molecule has 1 aromatic carbocycles. The zero-order chi connectivity index (χ0) is 13.9. The van der Waals surface area contributed by atoms with Crippen molar-refractivity contribution in [1.29, 1.82) is 0 Å². The van der Waals surface area contributed by atoms with Crippen LogP contribution in [0.2, 0.25) is 0 Å². The Kier molecular flexibility index (Phi) is 3.83. The van der Waals surface area contributed by atoms with Crippen LogP contribution in [0.25, 0.3) is 11.4 Å². The molecule has 0 amide bonds. The first-order valence-corrected chi connectivity index (χ1v) is 7.41. The largest absolute Gasteiger partial charge is 0.339 e. The fourth-order valence-electron chi connectivity index (χ4n) is 2.52. The summed E-state index contributed by atoms with van der Waals surface area (Å²) in [6.45, 7) is 1.97. The van der Waals surface area contributed by atoms with Gasteiger partial charge in [0.1, 0.15) is 0 Å². The summed E-state index contributed by atoms with van der Waals surface area (Å²) >= 11 is 0. The van der Waals surface area contributed by atoms with Crippen LogP contribution in [0.3, 0.4) is 0 Å². The lowest BCUT2D eigenvalue weighted by Crippen LogP contribution is -2.11. The van der Waals surface area contributed by atoms with Crippen molar-refractivity contribution in [3.05, 3.63) is 35.7 Å². The Hall–Kier alpha value is -1.68. The van der Waals surface area contributed by atoms with Crippen LogP contribution >= 0.6 is 0 Å². The first-order chi connectivity index (χ1) is 9.72. The van der Waals surface area contributed by atoms with Gasteiger partial charge in [-0.1, -0.05) is 48.7 Å². The molecule has 0 unspecified atom stereocenters. The molecular formula is C16H21N3O. The highest BCUT2D eigenvalue weighted by Crippen LogP contribution is 2.30. The maximum Gasteiger partial charge on any atom is 0.226 e. The third kappa shape index (κ3) is 2.90. The van der Waals surface area contributed by atoms with E-state index in [0.717, 1.165) is 29.4 Å². The average molecular weight is 271 g/mol. The molecule has 1 heterocycles. The Morgan fingerprint density at radius 2 is 2.05 bits per heavy atom. The molecule has 0 saturated heterocycles. The lowest BCUT2D eigenvalue weighted by atomic mass is 9.82. The van der Waals surface area contributed by atoms with Crippen molar-refractivity contribution in [2.24, 2.45) is 11.7 Å². The van der Waals surface area contributed by atoms with Gasteiger partial charge in [0, 0.05) is 18.0 Å². The van der Waals surface area contributed by atoms with Gasteiger partial charge in [0.25, 0.3) is 0 Å². The van der Waals surface area contributed by atoms with E-state index in [1.807, 2.05) is 31.2 Å². The molecule has 1 atom stereocenters.